The van der Waals surface area contributed by atoms with E-state index < -0.39 is 47.1 Å². The first-order chi connectivity index (χ1) is 13.9. The lowest BCUT2D eigenvalue weighted by Crippen LogP contribution is -2.60. The number of Topliss-reactive ketones (excluding diaryl/α,β-unsaturated/α-hetero) is 1. The maximum Gasteiger partial charge on any atom is 0.303 e. The number of ether oxygens (including phenoxy) is 1. The van der Waals surface area contributed by atoms with E-state index in [0.29, 0.717) is 12.0 Å². The lowest BCUT2D eigenvalue weighted by Gasteiger charge is -2.54. The predicted molar refractivity (Wildman–Crippen MR) is 105 cm³/mol. The molecule has 0 aromatic carbocycles. The largest absolute Gasteiger partial charge is 0.458 e. The van der Waals surface area contributed by atoms with E-state index in [9.17, 15) is 24.6 Å². The van der Waals surface area contributed by atoms with Crippen LogP contribution in [0.25, 0.3) is 0 Å². The molecule has 0 radical (unpaired) electrons. The number of allylic oxidation sites excluding steroid dienone is 6. The second-order valence-corrected chi connectivity index (χ2v) is 9.46. The maximum atomic E-state index is 15.2. The summed E-state index contributed by atoms with van der Waals surface area (Å²) in [5.74, 6) is -2.24. The molecule has 4 aliphatic rings. The molecule has 0 heterocycles. The lowest BCUT2D eigenvalue weighted by molar-refractivity contribution is -0.174. The molecule has 6 nitrogen and oxygen atoms in total. The predicted octanol–water partition coefficient (Wildman–Crippen LogP) is 2.00. The van der Waals surface area contributed by atoms with Gasteiger partial charge in [0.25, 0.3) is 0 Å². The molecule has 2 N–H and O–H groups in total. The number of esters is 1. The molecule has 4 aliphatic carbocycles. The number of rotatable bonds is 3. The average molecular weight is 418 g/mol. The smallest absolute Gasteiger partial charge is 0.303 e. The van der Waals surface area contributed by atoms with Gasteiger partial charge in [0.05, 0.1) is 6.10 Å². The van der Waals surface area contributed by atoms with Crippen molar-refractivity contribution in [2.45, 2.75) is 57.9 Å². The molecule has 0 amide bonds. The number of ketones is 2. The number of aliphatic hydroxyl groups excluding tert-OH is 1. The fourth-order valence-corrected chi connectivity index (χ4v) is 6.33. The number of fused-ring (bicyclic) bond motifs is 5. The SMILES string of the molecule is CC(=O)OCC(=O)[C@@]1(O)[C@H](O)C[C@H]2[C@@H]3C[C@H](F)C4=CC(=O)C=C[C@]4(C)C3=CC[C@@]21C. The van der Waals surface area contributed by atoms with Crippen molar-refractivity contribution in [2.75, 3.05) is 6.61 Å². The molecule has 7 atom stereocenters. The molecule has 2 saturated carbocycles. The summed E-state index contributed by atoms with van der Waals surface area (Å²) in [6, 6.07) is 0. The van der Waals surface area contributed by atoms with Crippen LogP contribution in [0.2, 0.25) is 0 Å². The highest BCUT2D eigenvalue weighted by atomic mass is 19.1. The molecular formula is C23H27FO6. The molecule has 0 aliphatic heterocycles. The van der Waals surface area contributed by atoms with E-state index in [-0.39, 0.29) is 30.5 Å². The quantitative estimate of drug-likeness (QED) is 0.537. The first-order valence-electron chi connectivity index (χ1n) is 10.3. The molecule has 2 fully saturated rings. The van der Waals surface area contributed by atoms with Crippen LogP contribution in [-0.4, -0.2) is 52.2 Å². The summed E-state index contributed by atoms with van der Waals surface area (Å²) < 4.78 is 20.0. The number of halogens is 1. The van der Waals surface area contributed by atoms with Gasteiger partial charge >= 0.3 is 5.97 Å². The maximum absolute atomic E-state index is 15.2. The third-order valence-corrected chi connectivity index (χ3v) is 7.99. The Morgan fingerprint density at radius 3 is 2.63 bits per heavy atom. The summed E-state index contributed by atoms with van der Waals surface area (Å²) in [4.78, 5) is 35.8. The minimum atomic E-state index is -2.09. The number of aliphatic hydroxyl groups is 2. The van der Waals surface area contributed by atoms with Crippen LogP contribution in [0.1, 0.15) is 40.0 Å². The summed E-state index contributed by atoms with van der Waals surface area (Å²) >= 11 is 0. The molecule has 0 spiro atoms. The second kappa shape index (κ2) is 6.69. The third kappa shape index (κ3) is 2.64. The van der Waals surface area contributed by atoms with Crippen LogP contribution in [0, 0.1) is 22.7 Å². The molecule has 0 aromatic rings. The third-order valence-electron chi connectivity index (χ3n) is 7.99. The first-order valence-corrected chi connectivity index (χ1v) is 10.3. The number of hydrogen-bond donors (Lipinski definition) is 2. The minimum absolute atomic E-state index is 0.134. The number of carbonyl (C=O) groups excluding carboxylic acids is 3. The van der Waals surface area contributed by atoms with Crippen LogP contribution in [-0.2, 0) is 19.1 Å². The van der Waals surface area contributed by atoms with E-state index in [0.717, 1.165) is 5.57 Å². The van der Waals surface area contributed by atoms with Gasteiger partial charge in [0, 0.05) is 17.8 Å². The van der Waals surface area contributed by atoms with E-state index in [1.165, 1.54) is 19.1 Å². The molecule has 0 unspecified atom stereocenters. The van der Waals surface area contributed by atoms with Gasteiger partial charge in [0.2, 0.25) is 5.78 Å². The Labute approximate surface area is 174 Å². The topological polar surface area (TPSA) is 101 Å². The Morgan fingerprint density at radius 1 is 1.27 bits per heavy atom. The highest BCUT2D eigenvalue weighted by Gasteiger charge is 2.69. The summed E-state index contributed by atoms with van der Waals surface area (Å²) in [7, 11) is 0. The van der Waals surface area contributed by atoms with Gasteiger partial charge in [-0.3, -0.25) is 14.4 Å². The Balaban J connectivity index is 1.74. The molecule has 0 aromatic heterocycles. The van der Waals surface area contributed by atoms with Crippen LogP contribution < -0.4 is 0 Å². The van der Waals surface area contributed by atoms with Gasteiger partial charge in [-0.05, 0) is 55.7 Å². The van der Waals surface area contributed by atoms with Gasteiger partial charge in [0.1, 0.15) is 6.17 Å². The molecule has 7 heteroatoms. The van der Waals surface area contributed by atoms with Crippen LogP contribution in [0.5, 0.6) is 0 Å². The van der Waals surface area contributed by atoms with Gasteiger partial charge in [-0.15, -0.1) is 0 Å². The average Bonchev–Trinajstić information content (AvgIpc) is 2.89. The van der Waals surface area contributed by atoms with E-state index in [1.54, 1.807) is 13.0 Å². The molecule has 4 rings (SSSR count). The van der Waals surface area contributed by atoms with Crippen molar-refractivity contribution in [2.24, 2.45) is 22.7 Å². The van der Waals surface area contributed by atoms with Crippen molar-refractivity contribution in [3.8, 4) is 0 Å². The molecular weight excluding hydrogens is 391 g/mol. The highest BCUT2D eigenvalue weighted by Crippen LogP contribution is 2.65. The monoisotopic (exact) mass is 418 g/mol. The van der Waals surface area contributed by atoms with Crippen LogP contribution in [0.3, 0.4) is 0 Å². The Kier molecular flexibility index (Phi) is 4.71. The van der Waals surface area contributed by atoms with E-state index in [2.05, 4.69) is 0 Å². The van der Waals surface area contributed by atoms with Crippen molar-refractivity contribution in [1.82, 2.24) is 0 Å². The van der Waals surface area contributed by atoms with Gasteiger partial charge < -0.3 is 14.9 Å². The number of hydrogen-bond acceptors (Lipinski definition) is 6. The fourth-order valence-electron chi connectivity index (χ4n) is 6.33. The lowest BCUT2D eigenvalue weighted by atomic mass is 9.51. The minimum Gasteiger partial charge on any atom is -0.458 e. The highest BCUT2D eigenvalue weighted by molar-refractivity contribution is 6.01. The number of carbonyl (C=O) groups is 3. The van der Waals surface area contributed by atoms with E-state index >= 15 is 4.39 Å². The van der Waals surface area contributed by atoms with Crippen molar-refractivity contribution >= 4 is 17.5 Å². The summed E-state index contributed by atoms with van der Waals surface area (Å²) in [6.07, 6.45) is 4.43. The second-order valence-electron chi connectivity index (χ2n) is 9.46. The Hall–Kier alpha value is -2.12. The van der Waals surface area contributed by atoms with Crippen molar-refractivity contribution < 1.29 is 33.7 Å². The standard InChI is InChI=1S/C23H27FO6/c1-12(25)30-11-20(28)23(29)19(27)10-16-14-9-18(24)17-8-13(26)4-6-21(17,2)15(14)5-7-22(16,23)3/h4-6,8,14,16,18-19,27,29H,7,9-11H2,1-3H3/t14-,16+,18+,19-,21-,22+,23+/m1/s1. The zero-order valence-corrected chi connectivity index (χ0v) is 17.4. The molecule has 0 bridgehead atoms. The summed E-state index contributed by atoms with van der Waals surface area (Å²) in [6.45, 7) is 4.18. The normalized spacial score (nSPS) is 44.4. The molecule has 0 saturated heterocycles. The van der Waals surface area contributed by atoms with Crippen molar-refractivity contribution in [1.29, 1.82) is 0 Å². The Bertz CT molecular complexity index is 919. The van der Waals surface area contributed by atoms with Gasteiger partial charge in [-0.25, -0.2) is 4.39 Å². The molecule has 30 heavy (non-hydrogen) atoms. The van der Waals surface area contributed by atoms with Crippen LogP contribution >= 0.6 is 0 Å². The van der Waals surface area contributed by atoms with Gasteiger partial charge in [0.15, 0.2) is 18.0 Å². The fraction of sp³-hybridized carbons (Fsp3) is 0.609. The summed E-state index contributed by atoms with van der Waals surface area (Å²) in [5, 5.41) is 22.2. The number of alkyl halides is 1. The van der Waals surface area contributed by atoms with E-state index in [4.69, 9.17) is 4.74 Å². The van der Waals surface area contributed by atoms with Gasteiger partial charge in [-0.1, -0.05) is 24.6 Å². The zero-order chi connectivity index (χ0) is 22.1. The summed E-state index contributed by atoms with van der Waals surface area (Å²) in [5.41, 5.74) is -2.43. The van der Waals surface area contributed by atoms with Crippen molar-refractivity contribution in [3.05, 3.63) is 35.5 Å². The zero-order valence-electron chi connectivity index (χ0n) is 17.4. The Morgan fingerprint density at radius 2 is 1.97 bits per heavy atom. The van der Waals surface area contributed by atoms with Crippen molar-refractivity contribution in [3.63, 3.8) is 0 Å². The molecule has 162 valence electrons. The first kappa shape index (κ1) is 21.1. The van der Waals surface area contributed by atoms with Gasteiger partial charge in [-0.2, -0.15) is 0 Å². The van der Waals surface area contributed by atoms with E-state index in [1.807, 2.05) is 13.0 Å². The van der Waals surface area contributed by atoms with Crippen LogP contribution in [0.4, 0.5) is 4.39 Å². The van der Waals surface area contributed by atoms with Crippen LogP contribution in [0.15, 0.2) is 35.5 Å².